The molecule has 124 valence electrons. The molecule has 2 rings (SSSR count). The van der Waals surface area contributed by atoms with Gasteiger partial charge in [-0.15, -0.1) is 0 Å². The molecule has 0 saturated heterocycles. The van der Waals surface area contributed by atoms with Crippen LogP contribution < -0.4 is 5.32 Å². The Bertz CT molecular complexity index is 637. The molecule has 6 nitrogen and oxygen atoms in total. The topological polar surface area (TPSA) is 69.0 Å². The number of carbonyl (C=O) groups is 1. The molecule has 0 aliphatic heterocycles. The maximum atomic E-state index is 12.3. The van der Waals surface area contributed by atoms with E-state index in [1.807, 2.05) is 37.4 Å². The number of benzene rings is 1. The van der Waals surface area contributed by atoms with Crippen molar-refractivity contribution in [1.29, 1.82) is 0 Å². The normalized spacial score (nSPS) is 12.4. The molecular weight excluding hydrogens is 292 g/mol. The van der Waals surface area contributed by atoms with Crippen LogP contribution in [-0.4, -0.2) is 34.3 Å². The smallest absolute Gasteiger partial charge is 0.253 e. The Hall–Kier alpha value is -2.21. The molecule has 1 N–H and O–H groups in total. The summed E-state index contributed by atoms with van der Waals surface area (Å²) in [5.41, 5.74) is 0.841. The van der Waals surface area contributed by atoms with Crippen LogP contribution in [0.2, 0.25) is 0 Å². The molecule has 23 heavy (non-hydrogen) atoms. The van der Waals surface area contributed by atoms with Gasteiger partial charge in [0, 0.05) is 33.0 Å². The van der Waals surface area contributed by atoms with Crippen LogP contribution in [0.3, 0.4) is 0 Å². The highest BCUT2D eigenvalue weighted by Crippen LogP contribution is 2.16. The number of hydrogen-bond acceptors (Lipinski definition) is 4. The van der Waals surface area contributed by atoms with Crippen LogP contribution >= 0.6 is 0 Å². The van der Waals surface area contributed by atoms with Gasteiger partial charge in [0.2, 0.25) is 0 Å². The first-order chi connectivity index (χ1) is 11.0. The molecular formula is C17H24N4O2. The van der Waals surface area contributed by atoms with E-state index in [0.29, 0.717) is 18.9 Å². The molecule has 2 aromatic rings. The Morgan fingerprint density at radius 2 is 2.00 bits per heavy atom. The van der Waals surface area contributed by atoms with Crippen molar-refractivity contribution in [2.45, 2.75) is 32.3 Å². The summed E-state index contributed by atoms with van der Waals surface area (Å²) in [7, 11) is 3.41. The van der Waals surface area contributed by atoms with Crippen molar-refractivity contribution in [2.24, 2.45) is 7.05 Å². The molecule has 0 bridgehead atoms. The van der Waals surface area contributed by atoms with Gasteiger partial charge >= 0.3 is 0 Å². The molecule has 0 aliphatic rings. The van der Waals surface area contributed by atoms with Crippen LogP contribution in [0.4, 0.5) is 0 Å². The minimum absolute atomic E-state index is 0.148. The number of carbonyl (C=O) groups excluding carboxylic acids is 1. The lowest BCUT2D eigenvalue weighted by atomic mass is 10.1. The molecule has 0 spiro atoms. The van der Waals surface area contributed by atoms with Crippen LogP contribution in [0.15, 0.2) is 30.3 Å². The minimum atomic E-state index is -0.595. The zero-order valence-corrected chi connectivity index (χ0v) is 14.1. The van der Waals surface area contributed by atoms with E-state index < -0.39 is 6.10 Å². The molecule has 1 aromatic heterocycles. The molecule has 1 amide bonds. The SMILES string of the molecule is CO[C@@H](C(=O)NCCc1nc(C(C)C)nn1C)c1ccccc1. The van der Waals surface area contributed by atoms with Crippen molar-refractivity contribution in [3.63, 3.8) is 0 Å². The second-order valence-electron chi connectivity index (χ2n) is 5.73. The van der Waals surface area contributed by atoms with Crippen molar-refractivity contribution in [1.82, 2.24) is 20.1 Å². The van der Waals surface area contributed by atoms with Crippen LogP contribution in [-0.2, 0) is 23.0 Å². The van der Waals surface area contributed by atoms with E-state index in [9.17, 15) is 4.79 Å². The number of aromatic nitrogens is 3. The van der Waals surface area contributed by atoms with Gasteiger partial charge in [0.05, 0.1) is 0 Å². The summed E-state index contributed by atoms with van der Waals surface area (Å²) in [4.78, 5) is 16.8. The number of hydrogen-bond donors (Lipinski definition) is 1. The van der Waals surface area contributed by atoms with Gasteiger partial charge < -0.3 is 10.1 Å². The number of aryl methyl sites for hydroxylation is 1. The third-order valence-electron chi connectivity index (χ3n) is 3.61. The summed E-state index contributed by atoms with van der Waals surface area (Å²) >= 11 is 0. The van der Waals surface area contributed by atoms with Crippen molar-refractivity contribution < 1.29 is 9.53 Å². The molecule has 1 heterocycles. The van der Waals surface area contributed by atoms with E-state index in [2.05, 4.69) is 29.2 Å². The Morgan fingerprint density at radius 3 is 2.57 bits per heavy atom. The molecule has 1 atom stereocenters. The van der Waals surface area contributed by atoms with Gasteiger partial charge in [-0.25, -0.2) is 4.98 Å². The number of nitrogens with one attached hydrogen (secondary N) is 1. The fourth-order valence-electron chi connectivity index (χ4n) is 2.31. The van der Waals surface area contributed by atoms with Gasteiger partial charge in [-0.1, -0.05) is 44.2 Å². The summed E-state index contributed by atoms with van der Waals surface area (Å²) < 4.78 is 7.09. The highest BCUT2D eigenvalue weighted by molar-refractivity contribution is 5.82. The van der Waals surface area contributed by atoms with E-state index >= 15 is 0 Å². The van der Waals surface area contributed by atoms with Crippen LogP contribution in [0.5, 0.6) is 0 Å². The predicted molar refractivity (Wildman–Crippen MR) is 88.0 cm³/mol. The Morgan fingerprint density at radius 1 is 1.30 bits per heavy atom. The lowest BCUT2D eigenvalue weighted by Crippen LogP contribution is -2.32. The van der Waals surface area contributed by atoms with E-state index in [1.165, 1.54) is 7.11 Å². The zero-order chi connectivity index (χ0) is 16.8. The third kappa shape index (κ3) is 4.39. The van der Waals surface area contributed by atoms with Crippen LogP contribution in [0.25, 0.3) is 0 Å². The van der Waals surface area contributed by atoms with Crippen LogP contribution in [0.1, 0.15) is 43.1 Å². The Kier molecular flexibility index (Phi) is 5.87. The zero-order valence-electron chi connectivity index (χ0n) is 14.1. The van der Waals surface area contributed by atoms with Crippen molar-refractivity contribution in [3.8, 4) is 0 Å². The Labute approximate surface area is 136 Å². The van der Waals surface area contributed by atoms with E-state index in [-0.39, 0.29) is 5.91 Å². The highest BCUT2D eigenvalue weighted by Gasteiger charge is 2.19. The average molecular weight is 316 g/mol. The van der Waals surface area contributed by atoms with Crippen molar-refractivity contribution in [2.75, 3.05) is 13.7 Å². The first-order valence-electron chi connectivity index (χ1n) is 7.78. The molecule has 0 fully saturated rings. The molecule has 0 unspecified atom stereocenters. The lowest BCUT2D eigenvalue weighted by Gasteiger charge is -2.15. The van der Waals surface area contributed by atoms with Gasteiger partial charge in [0.1, 0.15) is 5.82 Å². The number of ether oxygens (including phenoxy) is 1. The Balaban J connectivity index is 1.91. The van der Waals surface area contributed by atoms with E-state index in [1.54, 1.807) is 4.68 Å². The van der Waals surface area contributed by atoms with Crippen LogP contribution in [0, 0.1) is 0 Å². The summed E-state index contributed by atoms with van der Waals surface area (Å²) in [6, 6.07) is 9.45. The first-order valence-corrected chi connectivity index (χ1v) is 7.78. The van der Waals surface area contributed by atoms with Gasteiger partial charge in [0.15, 0.2) is 11.9 Å². The maximum absolute atomic E-state index is 12.3. The molecule has 0 radical (unpaired) electrons. The third-order valence-corrected chi connectivity index (χ3v) is 3.61. The second kappa shape index (κ2) is 7.87. The quantitative estimate of drug-likeness (QED) is 0.848. The first kappa shape index (κ1) is 17.1. The van der Waals surface area contributed by atoms with Crippen molar-refractivity contribution >= 4 is 5.91 Å². The monoisotopic (exact) mass is 316 g/mol. The number of rotatable bonds is 7. The van der Waals surface area contributed by atoms with E-state index in [4.69, 9.17) is 4.74 Å². The minimum Gasteiger partial charge on any atom is -0.367 e. The van der Waals surface area contributed by atoms with Gasteiger partial charge in [0.25, 0.3) is 5.91 Å². The summed E-state index contributed by atoms with van der Waals surface area (Å²) in [6.07, 6.45) is 0.0367. The predicted octanol–water partition coefficient (Wildman–Crippen LogP) is 1.98. The fraction of sp³-hybridized carbons (Fsp3) is 0.471. The van der Waals surface area contributed by atoms with Gasteiger partial charge in [-0.3, -0.25) is 9.48 Å². The van der Waals surface area contributed by atoms with Crippen molar-refractivity contribution in [3.05, 3.63) is 47.5 Å². The fourth-order valence-corrected chi connectivity index (χ4v) is 2.31. The molecule has 0 aliphatic carbocycles. The summed E-state index contributed by atoms with van der Waals surface area (Å²) in [5.74, 6) is 1.83. The second-order valence-corrected chi connectivity index (χ2v) is 5.73. The number of nitrogens with zero attached hydrogens (tertiary/aromatic N) is 3. The summed E-state index contributed by atoms with van der Waals surface area (Å²) in [5, 5.41) is 7.28. The molecule has 1 aromatic carbocycles. The molecule has 0 saturated carbocycles. The standard InChI is InChI=1S/C17H24N4O2/c1-12(2)16-19-14(21(3)20-16)10-11-18-17(22)15(23-4)13-8-6-5-7-9-13/h5-9,12,15H,10-11H2,1-4H3,(H,18,22)/t15-/m1/s1. The van der Waals surface area contributed by atoms with E-state index in [0.717, 1.165) is 17.2 Å². The lowest BCUT2D eigenvalue weighted by molar-refractivity contribution is -0.131. The summed E-state index contributed by atoms with van der Waals surface area (Å²) in [6.45, 7) is 4.61. The van der Waals surface area contributed by atoms with Gasteiger partial charge in [-0.05, 0) is 5.56 Å². The highest BCUT2D eigenvalue weighted by atomic mass is 16.5. The molecule has 6 heteroatoms. The number of methoxy groups -OCH3 is 1. The number of amides is 1. The van der Waals surface area contributed by atoms with Gasteiger partial charge in [-0.2, -0.15) is 5.10 Å². The average Bonchev–Trinajstić information content (AvgIpc) is 2.91. The maximum Gasteiger partial charge on any atom is 0.253 e. The largest absolute Gasteiger partial charge is 0.367 e.